The van der Waals surface area contributed by atoms with E-state index >= 15 is 0 Å². The topological polar surface area (TPSA) is 220 Å². The van der Waals surface area contributed by atoms with Gasteiger partial charge in [-0.1, -0.05) is 19.3 Å². The molecule has 0 heterocycles. The van der Waals surface area contributed by atoms with E-state index in [0.717, 1.165) is 10.5 Å². The van der Waals surface area contributed by atoms with Gasteiger partial charge in [-0.2, -0.15) is 0 Å². The van der Waals surface area contributed by atoms with Crippen molar-refractivity contribution >= 4 is 48.1 Å². The second-order valence-corrected chi connectivity index (χ2v) is 20.1. The number of aliphatic imine (C=N–C) groups is 2. The first-order valence-corrected chi connectivity index (χ1v) is 21.9. The van der Waals surface area contributed by atoms with Crippen LogP contribution < -0.4 is 15.4 Å². The zero-order valence-electron chi connectivity index (χ0n) is 41.4. The Morgan fingerprint density at radius 1 is 0.562 bits per heavy atom. The number of carbonyl (C=O) groups is 5. The van der Waals surface area contributed by atoms with Crippen LogP contribution in [0.25, 0.3) is 0 Å². The van der Waals surface area contributed by atoms with Gasteiger partial charge in [-0.15, -0.1) is 9.98 Å². The average molecular weight is 904 g/mol. The lowest BCUT2D eigenvalue weighted by Gasteiger charge is -2.34. The fourth-order valence-electron chi connectivity index (χ4n) is 5.20. The molecule has 18 heteroatoms. The van der Waals surface area contributed by atoms with Crippen molar-refractivity contribution in [2.24, 2.45) is 9.98 Å². The first kappa shape index (κ1) is 56.6. The molecule has 0 saturated carbocycles. The van der Waals surface area contributed by atoms with E-state index in [1.54, 1.807) is 135 Å². The van der Waals surface area contributed by atoms with Crippen LogP contribution in [0, 0.1) is 5.41 Å². The van der Waals surface area contributed by atoms with E-state index in [9.17, 15) is 24.0 Å². The number of guanidine groups is 2. The minimum absolute atomic E-state index is 0.000140. The van der Waals surface area contributed by atoms with Gasteiger partial charge in [0, 0.05) is 25.3 Å². The molecule has 5 amide bonds. The molecule has 0 unspecified atom stereocenters. The summed E-state index contributed by atoms with van der Waals surface area (Å²) in [5.74, 6) is 0.218. The molecule has 0 bridgehead atoms. The predicted molar refractivity (Wildman–Crippen MR) is 247 cm³/mol. The highest BCUT2D eigenvalue weighted by Crippen LogP contribution is 2.20. The first-order valence-electron chi connectivity index (χ1n) is 21.9. The van der Waals surface area contributed by atoms with Crippen molar-refractivity contribution in [3.05, 3.63) is 29.8 Å². The third-order valence-electron chi connectivity index (χ3n) is 7.69. The van der Waals surface area contributed by atoms with Gasteiger partial charge in [-0.05, 0) is 166 Å². The SMILES string of the molecule is CC(=N)c1ccc(OCCCCN(C(=O)OC(C)(C)C)/C(=N\C(=O)OC(C)(C)C)N(CCCCCCCN/C(=N\C(=O)OC(C)(C)C)NC(=O)OC(C)(C)C)C(=O)OC(C)(C)C)cc1. The first-order chi connectivity index (χ1) is 29.2. The van der Waals surface area contributed by atoms with Gasteiger partial charge < -0.3 is 39.1 Å². The fraction of sp³-hybridized carbons (Fsp3) is 0.696. The minimum atomic E-state index is -1.01. The number of ether oxygens (including phenoxy) is 6. The summed E-state index contributed by atoms with van der Waals surface area (Å²) in [6.45, 7) is 27.9. The molecule has 0 aliphatic heterocycles. The molecule has 0 aromatic heterocycles. The maximum Gasteiger partial charge on any atom is 0.437 e. The number of rotatable bonds is 15. The molecular weight excluding hydrogens is 827 g/mol. The summed E-state index contributed by atoms with van der Waals surface area (Å²) in [5.41, 5.74) is -3.15. The molecular formula is C46H77N7O11. The quantitative estimate of drug-likeness (QED) is 0.0648. The zero-order valence-corrected chi connectivity index (χ0v) is 41.4. The molecule has 0 spiro atoms. The van der Waals surface area contributed by atoms with Gasteiger partial charge >= 0.3 is 30.5 Å². The molecule has 1 rings (SSSR count). The number of nitrogens with one attached hydrogen (secondary N) is 3. The lowest BCUT2D eigenvalue weighted by atomic mass is 10.1. The summed E-state index contributed by atoms with van der Waals surface area (Å²) in [4.78, 5) is 76.7. The molecule has 0 fully saturated rings. The number of unbranched alkanes of at least 4 members (excludes halogenated alkanes) is 5. The number of nitrogens with zero attached hydrogens (tertiary/aromatic N) is 4. The van der Waals surface area contributed by atoms with E-state index in [1.807, 2.05) is 0 Å². The van der Waals surface area contributed by atoms with Gasteiger partial charge in [0.15, 0.2) is 0 Å². The molecule has 18 nitrogen and oxygen atoms in total. The summed E-state index contributed by atoms with van der Waals surface area (Å²) < 4.78 is 33.6. The maximum absolute atomic E-state index is 14.0. The van der Waals surface area contributed by atoms with Gasteiger partial charge in [0.25, 0.3) is 0 Å². The molecule has 1 aromatic rings. The fourth-order valence-corrected chi connectivity index (χ4v) is 5.20. The Labute approximate surface area is 381 Å². The highest BCUT2D eigenvalue weighted by atomic mass is 16.6. The third kappa shape index (κ3) is 26.9. The van der Waals surface area contributed by atoms with Crippen molar-refractivity contribution in [3.8, 4) is 5.75 Å². The average Bonchev–Trinajstić information content (AvgIpc) is 3.08. The van der Waals surface area contributed by atoms with E-state index in [4.69, 9.17) is 33.8 Å². The number of hydrogen-bond donors (Lipinski definition) is 3. The Morgan fingerprint density at radius 3 is 1.44 bits per heavy atom. The summed E-state index contributed by atoms with van der Waals surface area (Å²) in [6, 6.07) is 7.18. The van der Waals surface area contributed by atoms with E-state index in [-0.39, 0.29) is 25.0 Å². The summed E-state index contributed by atoms with van der Waals surface area (Å²) >= 11 is 0. The zero-order chi connectivity index (χ0) is 49.1. The van der Waals surface area contributed by atoms with Crippen molar-refractivity contribution in [1.82, 2.24) is 20.4 Å². The Bertz CT molecular complexity index is 1760. The molecule has 0 saturated heterocycles. The van der Waals surface area contributed by atoms with Gasteiger partial charge in [-0.25, -0.2) is 33.8 Å². The van der Waals surface area contributed by atoms with Crippen molar-refractivity contribution in [2.75, 3.05) is 26.2 Å². The Balaban J connectivity index is 3.30. The van der Waals surface area contributed by atoms with E-state index in [1.165, 1.54) is 4.90 Å². The van der Waals surface area contributed by atoms with Crippen molar-refractivity contribution in [1.29, 1.82) is 5.41 Å². The standard InChI is InChI=1S/C46H77N7O11/c1-32(47)33-24-26-34(27-25-33)59-31-23-22-30-53(41(58)64-46(14,15)16)36(51-39(56)62-44(8,9)10)52(40(57)63-45(11,12)13)29-21-19-17-18-20-28-48-35(49-37(54)60-42(2,3)4)50-38(55)61-43(5,6)7/h24-27,47H,17-23,28-31H2,1-16H3,(H2,48,49,50,54,55)/b47-32?,51-36-. The minimum Gasteiger partial charge on any atom is -0.494 e. The second kappa shape index (κ2) is 25.2. The molecule has 1 aromatic carbocycles. The smallest absolute Gasteiger partial charge is 0.437 e. The number of alkyl carbamates (subject to hydrolysis) is 1. The van der Waals surface area contributed by atoms with Crippen LogP contribution in [-0.2, 0) is 23.7 Å². The number of carbonyl (C=O) groups excluding carboxylic acids is 5. The van der Waals surface area contributed by atoms with Crippen LogP contribution >= 0.6 is 0 Å². The molecule has 0 atom stereocenters. The van der Waals surface area contributed by atoms with Crippen molar-refractivity contribution in [3.63, 3.8) is 0 Å². The number of benzene rings is 1. The predicted octanol–water partition coefficient (Wildman–Crippen LogP) is 10.4. The van der Waals surface area contributed by atoms with Crippen LogP contribution in [0.2, 0.25) is 0 Å². The molecule has 3 N–H and O–H groups in total. The van der Waals surface area contributed by atoms with E-state index in [0.29, 0.717) is 69.6 Å². The Kier molecular flexibility index (Phi) is 22.3. The van der Waals surface area contributed by atoms with Crippen molar-refractivity contribution in [2.45, 2.75) is 184 Å². The Morgan fingerprint density at radius 2 is 0.984 bits per heavy atom. The van der Waals surface area contributed by atoms with Gasteiger partial charge in [0.2, 0.25) is 11.9 Å². The van der Waals surface area contributed by atoms with Crippen LogP contribution in [-0.4, -0.2) is 112 Å². The van der Waals surface area contributed by atoms with Gasteiger partial charge in [0.1, 0.15) is 33.8 Å². The number of amides is 5. The van der Waals surface area contributed by atoms with Crippen LogP contribution in [0.15, 0.2) is 34.3 Å². The Hall–Kier alpha value is -5.42. The normalized spacial score (nSPS) is 12.7. The molecule has 0 aliphatic carbocycles. The molecule has 0 radical (unpaired) electrons. The summed E-state index contributed by atoms with van der Waals surface area (Å²) in [6.07, 6.45) is -0.391. The molecule has 64 heavy (non-hydrogen) atoms. The van der Waals surface area contributed by atoms with Crippen LogP contribution in [0.4, 0.5) is 24.0 Å². The van der Waals surface area contributed by atoms with Gasteiger partial charge in [-0.3, -0.25) is 5.32 Å². The number of hydrogen-bond acceptors (Lipinski definition) is 12. The second-order valence-electron chi connectivity index (χ2n) is 20.1. The van der Waals surface area contributed by atoms with Crippen molar-refractivity contribution < 1.29 is 52.4 Å². The van der Waals surface area contributed by atoms with E-state index < -0.39 is 58.5 Å². The van der Waals surface area contributed by atoms with Crippen LogP contribution in [0.3, 0.4) is 0 Å². The summed E-state index contributed by atoms with van der Waals surface area (Å²) in [7, 11) is 0. The molecule has 362 valence electrons. The highest BCUT2D eigenvalue weighted by Gasteiger charge is 2.35. The largest absolute Gasteiger partial charge is 0.494 e. The highest BCUT2D eigenvalue weighted by molar-refractivity contribution is 6.05. The monoisotopic (exact) mass is 904 g/mol. The van der Waals surface area contributed by atoms with E-state index in [2.05, 4.69) is 20.6 Å². The van der Waals surface area contributed by atoms with Gasteiger partial charge in [0.05, 0.1) is 6.61 Å². The van der Waals surface area contributed by atoms with Crippen LogP contribution in [0.5, 0.6) is 5.75 Å². The van der Waals surface area contributed by atoms with Crippen LogP contribution in [0.1, 0.15) is 161 Å². The maximum atomic E-state index is 14.0. The summed E-state index contributed by atoms with van der Waals surface area (Å²) in [5, 5.41) is 13.3. The lowest BCUT2D eigenvalue weighted by Crippen LogP contribution is -2.53. The lowest BCUT2D eigenvalue weighted by molar-refractivity contribution is 0.0269. The third-order valence-corrected chi connectivity index (χ3v) is 7.69. The molecule has 0 aliphatic rings.